The van der Waals surface area contributed by atoms with E-state index in [2.05, 4.69) is 15.0 Å². The third-order valence-corrected chi connectivity index (χ3v) is 3.29. The number of H-pyrrole nitrogens is 2. The van der Waals surface area contributed by atoms with Crippen LogP contribution in [0.4, 0.5) is 5.69 Å². The highest BCUT2D eigenvalue weighted by molar-refractivity contribution is 5.76. The summed E-state index contributed by atoms with van der Waals surface area (Å²) in [5.74, 6) is 0. The Morgan fingerprint density at radius 1 is 1.20 bits per heavy atom. The second-order valence-corrected chi connectivity index (χ2v) is 4.59. The Hall–Kier alpha value is -2.89. The average molecular weight is 267 g/mol. The molecule has 0 amide bonds. The van der Waals surface area contributed by atoms with Crippen LogP contribution < -0.4 is 16.4 Å². The Balaban J connectivity index is 1.79. The molecule has 1 unspecified atom stereocenters. The van der Waals surface area contributed by atoms with Crippen LogP contribution in [-0.2, 0) is 4.84 Å². The SMILES string of the molecule is O=c1[nH]c2c([nH]1)=CC1O[N+](c3ccncc3)=CC=C1C=2. The Morgan fingerprint density at radius 3 is 2.85 bits per heavy atom. The molecule has 2 N–H and O–H groups in total. The second-order valence-electron chi connectivity index (χ2n) is 4.59. The van der Waals surface area contributed by atoms with Crippen LogP contribution in [0.2, 0.25) is 0 Å². The maximum atomic E-state index is 11.3. The number of allylic oxidation sites excluding steroid dienone is 1. The molecule has 6 nitrogen and oxygen atoms in total. The Labute approximate surface area is 113 Å². The van der Waals surface area contributed by atoms with Crippen molar-refractivity contribution >= 4 is 24.1 Å². The molecular weight excluding hydrogens is 256 g/mol. The van der Waals surface area contributed by atoms with E-state index in [0.717, 1.165) is 22.0 Å². The molecule has 0 radical (unpaired) electrons. The normalized spacial score (nSPS) is 19.5. The maximum Gasteiger partial charge on any atom is 0.323 e. The van der Waals surface area contributed by atoms with Crippen LogP contribution in [0.25, 0.3) is 12.2 Å². The molecule has 1 aliphatic heterocycles. The van der Waals surface area contributed by atoms with E-state index in [0.29, 0.717) is 0 Å². The Kier molecular flexibility index (Phi) is 2.23. The van der Waals surface area contributed by atoms with E-state index >= 15 is 0 Å². The lowest BCUT2D eigenvalue weighted by Crippen LogP contribution is -2.35. The molecule has 20 heavy (non-hydrogen) atoms. The van der Waals surface area contributed by atoms with Gasteiger partial charge in [-0.2, -0.15) is 0 Å². The highest BCUT2D eigenvalue weighted by Gasteiger charge is 2.26. The summed E-state index contributed by atoms with van der Waals surface area (Å²) < 4.78 is 1.69. The second kappa shape index (κ2) is 4.06. The average Bonchev–Trinajstić information content (AvgIpc) is 2.84. The fraction of sp³-hybridized carbons (Fsp3) is 0.0714. The highest BCUT2D eigenvalue weighted by atomic mass is 16.7. The van der Waals surface area contributed by atoms with Gasteiger partial charge >= 0.3 is 5.69 Å². The lowest BCUT2D eigenvalue weighted by atomic mass is 10.0. The van der Waals surface area contributed by atoms with Gasteiger partial charge in [0.1, 0.15) is 0 Å². The number of aromatic amines is 2. The van der Waals surface area contributed by atoms with Crippen LogP contribution in [0, 0.1) is 0 Å². The molecule has 0 saturated carbocycles. The number of nitrogens with zero attached hydrogens (tertiary/aromatic N) is 2. The van der Waals surface area contributed by atoms with Crippen molar-refractivity contribution in [3.8, 4) is 0 Å². The summed E-state index contributed by atoms with van der Waals surface area (Å²) in [6, 6.07) is 3.73. The zero-order chi connectivity index (χ0) is 13.5. The molecule has 1 atom stereocenters. The minimum Gasteiger partial charge on any atom is -0.306 e. The van der Waals surface area contributed by atoms with E-state index in [1.807, 2.05) is 36.6 Å². The third kappa shape index (κ3) is 1.70. The molecule has 2 aromatic rings. The van der Waals surface area contributed by atoms with Gasteiger partial charge in [-0.15, -0.1) is 0 Å². The largest absolute Gasteiger partial charge is 0.323 e. The van der Waals surface area contributed by atoms with Crippen molar-refractivity contribution in [1.82, 2.24) is 15.0 Å². The minimum absolute atomic E-state index is 0.211. The smallest absolute Gasteiger partial charge is 0.306 e. The van der Waals surface area contributed by atoms with E-state index in [-0.39, 0.29) is 11.8 Å². The minimum atomic E-state index is -0.216. The quantitative estimate of drug-likeness (QED) is 0.673. The summed E-state index contributed by atoms with van der Waals surface area (Å²) in [7, 11) is 0. The van der Waals surface area contributed by atoms with Crippen molar-refractivity contribution in [1.29, 1.82) is 0 Å². The van der Waals surface area contributed by atoms with Crippen molar-refractivity contribution in [3.05, 3.63) is 57.4 Å². The van der Waals surface area contributed by atoms with Crippen molar-refractivity contribution in [2.75, 3.05) is 0 Å². The van der Waals surface area contributed by atoms with E-state index in [4.69, 9.17) is 4.84 Å². The predicted molar refractivity (Wildman–Crippen MR) is 72.8 cm³/mol. The van der Waals surface area contributed by atoms with E-state index < -0.39 is 0 Å². The Bertz CT molecular complexity index is 903. The van der Waals surface area contributed by atoms with Crippen molar-refractivity contribution in [2.45, 2.75) is 6.10 Å². The first-order valence-electron chi connectivity index (χ1n) is 6.22. The first kappa shape index (κ1) is 11.0. The van der Waals surface area contributed by atoms with Gasteiger partial charge in [-0.1, -0.05) is 0 Å². The zero-order valence-electron chi connectivity index (χ0n) is 10.4. The number of hydrogen-bond acceptors (Lipinski definition) is 3. The van der Waals surface area contributed by atoms with Gasteiger partial charge in [0.25, 0.3) is 5.69 Å². The fourth-order valence-corrected chi connectivity index (χ4v) is 2.34. The van der Waals surface area contributed by atoms with Gasteiger partial charge in [0.2, 0.25) is 12.3 Å². The maximum absolute atomic E-state index is 11.3. The van der Waals surface area contributed by atoms with Gasteiger partial charge in [0.05, 0.1) is 10.7 Å². The summed E-state index contributed by atoms with van der Waals surface area (Å²) in [6.07, 6.45) is 10.8. The number of nitrogens with one attached hydrogen (secondary N) is 2. The lowest BCUT2D eigenvalue weighted by molar-refractivity contribution is -0.731. The van der Waals surface area contributed by atoms with Crippen LogP contribution in [0.1, 0.15) is 0 Å². The lowest BCUT2D eigenvalue weighted by Gasteiger charge is -2.16. The number of imidazole rings is 1. The summed E-state index contributed by atoms with van der Waals surface area (Å²) in [6.45, 7) is 0. The molecule has 0 spiro atoms. The standard InChI is InChI=1S/C14H10N4O2/c19-14-16-11-7-9-3-6-18(10-1-4-15-5-2-10)20-13(9)8-12(11)17-14/h1-8,13H,(H,17,19)/p+1. The molecule has 98 valence electrons. The van der Waals surface area contributed by atoms with E-state index in [1.54, 1.807) is 17.1 Å². The van der Waals surface area contributed by atoms with Crippen LogP contribution in [0.3, 0.4) is 0 Å². The number of fused-ring (bicyclic) bond motifs is 2. The van der Waals surface area contributed by atoms with Crippen molar-refractivity contribution in [3.63, 3.8) is 0 Å². The molecule has 0 saturated heterocycles. The van der Waals surface area contributed by atoms with Crippen molar-refractivity contribution < 1.29 is 9.58 Å². The molecule has 4 rings (SSSR count). The monoisotopic (exact) mass is 267 g/mol. The van der Waals surface area contributed by atoms with Crippen LogP contribution >= 0.6 is 0 Å². The summed E-state index contributed by atoms with van der Waals surface area (Å²) in [5, 5.41) is 1.54. The van der Waals surface area contributed by atoms with Gasteiger partial charge in [-0.25, -0.2) is 4.79 Å². The van der Waals surface area contributed by atoms with Gasteiger partial charge in [-0.3, -0.25) is 9.82 Å². The molecule has 0 fully saturated rings. The molecule has 0 aromatic carbocycles. The highest BCUT2D eigenvalue weighted by Crippen LogP contribution is 2.20. The molecule has 2 aromatic heterocycles. The predicted octanol–water partition coefficient (Wildman–Crippen LogP) is -0.672. The van der Waals surface area contributed by atoms with Gasteiger partial charge < -0.3 is 9.97 Å². The van der Waals surface area contributed by atoms with Gasteiger partial charge in [0, 0.05) is 40.9 Å². The van der Waals surface area contributed by atoms with Crippen LogP contribution in [0.15, 0.2) is 41.0 Å². The number of rotatable bonds is 1. The first-order valence-corrected chi connectivity index (χ1v) is 6.22. The summed E-state index contributed by atoms with van der Waals surface area (Å²) in [5.41, 5.74) is 1.69. The zero-order valence-corrected chi connectivity index (χ0v) is 10.4. The molecule has 3 heterocycles. The molecule has 2 aliphatic rings. The van der Waals surface area contributed by atoms with Crippen LogP contribution in [-0.4, -0.2) is 32.0 Å². The summed E-state index contributed by atoms with van der Waals surface area (Å²) >= 11 is 0. The first-order chi connectivity index (χ1) is 9.79. The number of aromatic nitrogens is 3. The Morgan fingerprint density at radius 2 is 2.00 bits per heavy atom. The third-order valence-electron chi connectivity index (χ3n) is 3.29. The van der Waals surface area contributed by atoms with Crippen molar-refractivity contribution in [2.24, 2.45) is 0 Å². The fourth-order valence-electron chi connectivity index (χ4n) is 2.34. The van der Waals surface area contributed by atoms with E-state index in [9.17, 15) is 4.79 Å². The van der Waals surface area contributed by atoms with Crippen LogP contribution in [0.5, 0.6) is 0 Å². The van der Waals surface area contributed by atoms with Gasteiger partial charge in [0.15, 0.2) is 0 Å². The molecule has 6 heteroatoms. The van der Waals surface area contributed by atoms with Gasteiger partial charge in [-0.05, 0) is 12.2 Å². The molecule has 1 aliphatic carbocycles. The number of pyridine rings is 1. The topological polar surface area (TPSA) is 73.8 Å². The van der Waals surface area contributed by atoms with E-state index in [1.165, 1.54) is 0 Å². The molecule has 0 bridgehead atoms. The summed E-state index contributed by atoms with van der Waals surface area (Å²) in [4.78, 5) is 26.7. The molecular formula is C14H11N4O2+. The number of hydrogen-bond donors (Lipinski definition) is 2.